The molecule has 0 fully saturated rings. The van der Waals surface area contributed by atoms with Gasteiger partial charge in [0.25, 0.3) is 0 Å². The highest BCUT2D eigenvalue weighted by molar-refractivity contribution is 7.89. The molecule has 0 saturated carbocycles. The maximum absolute atomic E-state index is 12.5. The van der Waals surface area contributed by atoms with E-state index in [1.54, 1.807) is 20.2 Å². The molecule has 3 aromatic rings. The lowest BCUT2D eigenvalue weighted by Crippen LogP contribution is -2.23. The summed E-state index contributed by atoms with van der Waals surface area (Å²) in [4.78, 5) is 32.6. The van der Waals surface area contributed by atoms with Gasteiger partial charge in [0.1, 0.15) is 6.54 Å². The Labute approximate surface area is 164 Å². The smallest absolute Gasteiger partial charge is 0.326 e. The molecule has 10 nitrogen and oxygen atoms in total. The zero-order valence-electron chi connectivity index (χ0n) is 15.0. The van der Waals surface area contributed by atoms with Crippen LogP contribution in [0.3, 0.4) is 0 Å². The largest absolute Gasteiger partial charge is 0.465 e. The minimum absolute atomic E-state index is 0.0773. The number of sulfonamides is 1. The van der Waals surface area contributed by atoms with Crippen LogP contribution in [0, 0.1) is 0 Å². The summed E-state index contributed by atoms with van der Waals surface area (Å²) in [7, 11) is -2.24. The molecule has 0 unspecified atom stereocenters. The van der Waals surface area contributed by atoms with Gasteiger partial charge < -0.3 is 13.9 Å². The van der Waals surface area contributed by atoms with Crippen molar-refractivity contribution in [1.82, 2.24) is 14.1 Å². The van der Waals surface area contributed by atoms with Crippen LogP contribution >= 0.6 is 11.3 Å². The van der Waals surface area contributed by atoms with Crippen LogP contribution < -0.4 is 9.94 Å². The lowest BCUT2D eigenvalue weighted by atomic mass is 10.3. The molecule has 0 atom stereocenters. The van der Waals surface area contributed by atoms with Crippen molar-refractivity contribution >= 4 is 43.5 Å². The number of aryl methyl sites for hydroxylation is 1. The first kappa shape index (κ1) is 19.9. The van der Waals surface area contributed by atoms with Gasteiger partial charge in [-0.3, -0.25) is 9.59 Å². The minimum atomic E-state index is -3.90. The molecule has 3 rings (SSSR count). The Morgan fingerprint density at radius 1 is 1.36 bits per heavy atom. The maximum Gasteiger partial charge on any atom is 0.326 e. The average Bonchev–Trinajstić information content (AvgIpc) is 3.18. The number of ether oxygens (including phenoxy) is 1. The second kappa shape index (κ2) is 7.66. The highest BCUT2D eigenvalue weighted by atomic mass is 32.2. The van der Waals surface area contributed by atoms with Crippen LogP contribution in [0.2, 0.25) is 0 Å². The molecular weight excluding hydrogens is 406 g/mol. The number of nitrogens with two attached hydrogens (primary N) is 1. The first-order valence-corrected chi connectivity index (χ1v) is 10.4. The molecule has 0 saturated heterocycles. The van der Waals surface area contributed by atoms with Crippen molar-refractivity contribution in [2.24, 2.45) is 17.2 Å². The number of nitrogens with zero attached hydrogens (tertiary/aromatic N) is 4. The van der Waals surface area contributed by atoms with Crippen molar-refractivity contribution in [2.75, 3.05) is 6.61 Å². The van der Waals surface area contributed by atoms with Gasteiger partial charge in [-0.2, -0.15) is 4.99 Å². The van der Waals surface area contributed by atoms with Crippen molar-refractivity contribution in [3.8, 4) is 0 Å². The number of imidazole rings is 1. The van der Waals surface area contributed by atoms with E-state index >= 15 is 0 Å². The van der Waals surface area contributed by atoms with Crippen LogP contribution in [-0.2, 0) is 33.1 Å². The van der Waals surface area contributed by atoms with Gasteiger partial charge in [-0.05, 0) is 25.1 Å². The molecule has 0 aliphatic heterocycles. The molecule has 28 heavy (non-hydrogen) atoms. The molecule has 2 aromatic heterocycles. The Bertz CT molecular complexity index is 1240. The average molecular weight is 423 g/mol. The van der Waals surface area contributed by atoms with Gasteiger partial charge in [0, 0.05) is 19.4 Å². The summed E-state index contributed by atoms with van der Waals surface area (Å²) in [6, 6.07) is 4.21. The molecule has 0 spiro atoms. The van der Waals surface area contributed by atoms with Gasteiger partial charge in [0.05, 0.1) is 21.7 Å². The molecular formula is C16H17N5O5S2. The third-order valence-electron chi connectivity index (χ3n) is 3.78. The van der Waals surface area contributed by atoms with E-state index in [9.17, 15) is 18.0 Å². The number of thiazole rings is 1. The molecule has 2 heterocycles. The van der Waals surface area contributed by atoms with E-state index in [0.717, 1.165) is 11.3 Å². The van der Waals surface area contributed by atoms with Gasteiger partial charge in [-0.25, -0.2) is 18.5 Å². The number of fused-ring (bicyclic) bond motifs is 1. The quantitative estimate of drug-likeness (QED) is 0.589. The number of amides is 1. The standard InChI is InChI=1S/C16H17N5O5S2/c1-3-26-13(22)9-21-11-5-4-10(28(17,24)25)8-12(11)27-16(21)19-15(23)14-18-6-7-20(14)2/h4-8H,3,9H2,1-2H3,(H2,17,24,25). The van der Waals surface area contributed by atoms with E-state index in [1.807, 2.05) is 0 Å². The van der Waals surface area contributed by atoms with E-state index in [2.05, 4.69) is 9.98 Å². The lowest BCUT2D eigenvalue weighted by Gasteiger charge is -2.05. The topological polar surface area (TPSA) is 139 Å². The molecule has 0 aliphatic carbocycles. The van der Waals surface area contributed by atoms with Crippen molar-refractivity contribution in [3.05, 3.63) is 41.2 Å². The van der Waals surface area contributed by atoms with Crippen molar-refractivity contribution in [2.45, 2.75) is 18.4 Å². The first-order chi connectivity index (χ1) is 13.2. The number of hydrogen-bond donors (Lipinski definition) is 1. The molecule has 0 radical (unpaired) electrons. The summed E-state index contributed by atoms with van der Waals surface area (Å²) in [5.74, 6) is -0.975. The van der Waals surface area contributed by atoms with E-state index < -0.39 is 21.9 Å². The zero-order valence-corrected chi connectivity index (χ0v) is 16.7. The zero-order chi connectivity index (χ0) is 20.5. The number of benzene rings is 1. The number of rotatable bonds is 5. The van der Waals surface area contributed by atoms with Crippen LogP contribution in [0.15, 0.2) is 40.5 Å². The van der Waals surface area contributed by atoms with Crippen LogP contribution in [0.25, 0.3) is 10.2 Å². The Morgan fingerprint density at radius 3 is 2.71 bits per heavy atom. The second-order valence-corrected chi connectivity index (χ2v) is 8.30. The van der Waals surface area contributed by atoms with Crippen molar-refractivity contribution < 1.29 is 22.7 Å². The third kappa shape index (κ3) is 4.03. The Morgan fingerprint density at radius 2 is 2.11 bits per heavy atom. The molecule has 0 aliphatic rings. The van der Waals surface area contributed by atoms with Gasteiger partial charge in [-0.15, -0.1) is 0 Å². The molecule has 1 aromatic carbocycles. The van der Waals surface area contributed by atoms with E-state index in [-0.39, 0.29) is 28.7 Å². The molecule has 12 heteroatoms. The Kier molecular flexibility index (Phi) is 5.45. The van der Waals surface area contributed by atoms with Crippen molar-refractivity contribution in [3.63, 3.8) is 0 Å². The van der Waals surface area contributed by atoms with Gasteiger partial charge >= 0.3 is 11.9 Å². The number of hydrogen-bond acceptors (Lipinski definition) is 7. The fourth-order valence-electron chi connectivity index (χ4n) is 2.51. The molecule has 2 N–H and O–H groups in total. The number of aromatic nitrogens is 3. The minimum Gasteiger partial charge on any atom is -0.465 e. The SMILES string of the molecule is CCOC(=O)Cn1c(=NC(=O)c2nccn2C)sc2cc(S(N)(=O)=O)ccc21. The van der Waals surface area contributed by atoms with Crippen LogP contribution in [0.5, 0.6) is 0 Å². The summed E-state index contributed by atoms with van der Waals surface area (Å²) in [5, 5.41) is 5.18. The Balaban J connectivity index is 2.18. The summed E-state index contributed by atoms with van der Waals surface area (Å²) in [6.45, 7) is 1.70. The van der Waals surface area contributed by atoms with Crippen LogP contribution in [0.1, 0.15) is 17.5 Å². The second-order valence-electron chi connectivity index (χ2n) is 5.73. The monoisotopic (exact) mass is 423 g/mol. The third-order valence-corrected chi connectivity index (χ3v) is 5.74. The molecule has 1 amide bonds. The predicted molar refractivity (Wildman–Crippen MR) is 101 cm³/mol. The fourth-order valence-corrected chi connectivity index (χ4v) is 4.19. The van der Waals surface area contributed by atoms with E-state index in [0.29, 0.717) is 10.2 Å². The Hall–Kier alpha value is -2.83. The lowest BCUT2D eigenvalue weighted by molar-refractivity contribution is -0.143. The summed E-state index contributed by atoms with van der Waals surface area (Å²) < 4.78 is 31.7. The summed E-state index contributed by atoms with van der Waals surface area (Å²) in [6.07, 6.45) is 3.08. The number of primary sulfonamides is 1. The summed E-state index contributed by atoms with van der Waals surface area (Å²) >= 11 is 1.06. The molecule has 148 valence electrons. The van der Waals surface area contributed by atoms with Gasteiger partial charge in [0.15, 0.2) is 4.80 Å². The predicted octanol–water partition coefficient (Wildman–Crippen LogP) is 0.388. The number of carbonyl (C=O) groups excluding carboxylic acids is 2. The highest BCUT2D eigenvalue weighted by Gasteiger charge is 2.17. The van der Waals surface area contributed by atoms with Crippen LogP contribution in [-0.4, -0.2) is 41.0 Å². The highest BCUT2D eigenvalue weighted by Crippen LogP contribution is 2.21. The van der Waals surface area contributed by atoms with Crippen LogP contribution in [0.4, 0.5) is 0 Å². The van der Waals surface area contributed by atoms with E-state index in [4.69, 9.17) is 9.88 Å². The first-order valence-electron chi connectivity index (χ1n) is 8.09. The maximum atomic E-state index is 12.5. The summed E-state index contributed by atoms with van der Waals surface area (Å²) in [5.41, 5.74) is 0.525. The number of carbonyl (C=O) groups is 2. The normalized spacial score (nSPS) is 12.5. The number of esters is 1. The van der Waals surface area contributed by atoms with Gasteiger partial charge in [0.2, 0.25) is 15.8 Å². The van der Waals surface area contributed by atoms with E-state index in [1.165, 1.54) is 33.5 Å². The van der Waals surface area contributed by atoms with Gasteiger partial charge in [-0.1, -0.05) is 11.3 Å². The fraction of sp³-hybridized carbons (Fsp3) is 0.250. The van der Waals surface area contributed by atoms with Crippen molar-refractivity contribution in [1.29, 1.82) is 0 Å². The molecule has 0 bridgehead atoms.